The van der Waals surface area contributed by atoms with E-state index in [1.165, 1.54) is 0 Å². The van der Waals surface area contributed by atoms with Crippen molar-refractivity contribution in [2.24, 2.45) is 0 Å². The Bertz CT molecular complexity index is 1130. The van der Waals surface area contributed by atoms with Gasteiger partial charge in [-0.2, -0.15) is 18.2 Å². The van der Waals surface area contributed by atoms with E-state index in [9.17, 15) is 32.3 Å². The number of fused-ring (bicyclic) bond motifs is 3. The molecule has 0 aliphatic carbocycles. The van der Waals surface area contributed by atoms with E-state index >= 15 is 0 Å². The van der Waals surface area contributed by atoms with Gasteiger partial charge in [-0.3, -0.25) is 9.69 Å². The summed E-state index contributed by atoms with van der Waals surface area (Å²) in [5.74, 6) is -2.02. The number of piperazine rings is 1. The largest absolute Gasteiger partial charge is 0.465 e. The van der Waals surface area contributed by atoms with Crippen molar-refractivity contribution < 1.29 is 32.2 Å². The summed E-state index contributed by atoms with van der Waals surface area (Å²) in [6, 6.07) is -2.94. The first-order valence-corrected chi connectivity index (χ1v) is 10.9. The van der Waals surface area contributed by atoms with Crippen LogP contribution < -0.4 is 15.6 Å². The second-order valence-corrected chi connectivity index (χ2v) is 8.48. The van der Waals surface area contributed by atoms with Gasteiger partial charge in [0.15, 0.2) is 16.1 Å². The van der Waals surface area contributed by atoms with E-state index in [1.54, 1.807) is 6.26 Å². The summed E-state index contributed by atoms with van der Waals surface area (Å²) in [5.41, 5.74) is -1.54. The van der Waals surface area contributed by atoms with Crippen LogP contribution in [0.2, 0.25) is 5.15 Å². The quantitative estimate of drug-likeness (QED) is 0.255. The summed E-state index contributed by atoms with van der Waals surface area (Å²) in [4.78, 5) is 34.8. The fourth-order valence-corrected chi connectivity index (χ4v) is 4.77. The highest BCUT2D eigenvalue weighted by Crippen LogP contribution is 2.38. The lowest BCUT2D eigenvalue weighted by molar-refractivity contribution is -0.209. The second-order valence-electron chi connectivity index (χ2n) is 7.32. The van der Waals surface area contributed by atoms with E-state index in [0.717, 1.165) is 16.7 Å². The molecule has 0 unspecified atom stereocenters. The molecule has 2 bridgehead atoms. The van der Waals surface area contributed by atoms with Crippen LogP contribution in [0, 0.1) is 5.82 Å². The maximum atomic E-state index is 14.5. The van der Waals surface area contributed by atoms with Crippen molar-refractivity contribution in [2.75, 3.05) is 12.8 Å². The standard InChI is InChI=1S/C17H16ClF4N5O4S/c1-32-15-24-10-7(13(28)26-15)14(25-12(18)8(10)19)31-11(17(20,21)22)9-6-3-2-5(4-23-9)27(6)16(29)30/h5-6,9,11,23H,2-4H2,1H3,(H,29,30)(H,24,26,28)/t5-,6+,9+,11-/m1/s1. The molecule has 4 atom stereocenters. The van der Waals surface area contributed by atoms with Gasteiger partial charge in [0.2, 0.25) is 12.0 Å². The zero-order chi connectivity index (χ0) is 23.4. The highest BCUT2D eigenvalue weighted by Gasteiger charge is 2.56. The van der Waals surface area contributed by atoms with Crippen molar-refractivity contribution in [1.29, 1.82) is 0 Å². The van der Waals surface area contributed by atoms with E-state index in [4.69, 9.17) is 16.3 Å². The summed E-state index contributed by atoms with van der Waals surface area (Å²) in [5, 5.41) is 10.7. The van der Waals surface area contributed by atoms with Gasteiger partial charge in [-0.25, -0.2) is 14.2 Å². The molecule has 0 saturated carbocycles. The summed E-state index contributed by atoms with van der Waals surface area (Å²) < 4.78 is 61.9. The Labute approximate surface area is 186 Å². The van der Waals surface area contributed by atoms with Crippen LogP contribution in [0.4, 0.5) is 22.4 Å². The lowest BCUT2D eigenvalue weighted by Gasteiger charge is -2.42. The molecule has 2 saturated heterocycles. The Kier molecular flexibility index (Phi) is 5.88. The molecule has 0 spiro atoms. The fraction of sp³-hybridized carbons (Fsp3) is 0.529. The molecule has 2 aliphatic heterocycles. The number of carbonyl (C=O) groups is 1. The number of ether oxygens (including phenoxy) is 1. The molecule has 9 nitrogen and oxygen atoms in total. The van der Waals surface area contributed by atoms with Crippen molar-refractivity contribution in [1.82, 2.24) is 25.2 Å². The third-order valence-corrected chi connectivity index (χ3v) is 6.38. The Balaban J connectivity index is 1.81. The van der Waals surface area contributed by atoms with Gasteiger partial charge < -0.3 is 20.1 Å². The normalized spacial score (nSPS) is 24.1. The number of nitrogens with one attached hydrogen (secondary N) is 2. The highest BCUT2D eigenvalue weighted by molar-refractivity contribution is 7.98. The zero-order valence-corrected chi connectivity index (χ0v) is 17.8. The number of amides is 1. The van der Waals surface area contributed by atoms with Gasteiger partial charge in [0.25, 0.3) is 5.56 Å². The van der Waals surface area contributed by atoms with Crippen molar-refractivity contribution in [3.63, 3.8) is 0 Å². The van der Waals surface area contributed by atoms with E-state index in [2.05, 4.69) is 20.3 Å². The fourth-order valence-electron chi connectivity index (χ4n) is 4.23. The molecule has 3 N–H and O–H groups in total. The number of aromatic amines is 1. The zero-order valence-electron chi connectivity index (χ0n) is 16.2. The molecule has 32 heavy (non-hydrogen) atoms. The molecule has 2 aliphatic rings. The maximum Gasteiger partial charge on any atom is 0.427 e. The Hall–Kier alpha value is -2.32. The summed E-state index contributed by atoms with van der Waals surface area (Å²) in [6.07, 6.45) is -6.75. The first-order valence-electron chi connectivity index (χ1n) is 9.34. The molecule has 2 aromatic heterocycles. The Morgan fingerprint density at radius 2 is 2.09 bits per heavy atom. The minimum atomic E-state index is -4.98. The SMILES string of the molecule is CSc1nc2c(F)c(Cl)nc(O[C@H]([C@H]3NC[C@H]4CC[C@@H]3N4C(=O)O)C(F)(F)F)c2c(=O)[nH]1. The van der Waals surface area contributed by atoms with Crippen LogP contribution in [-0.2, 0) is 0 Å². The molecular formula is C17H16ClF4N5O4S. The van der Waals surface area contributed by atoms with Crippen molar-refractivity contribution in [3.05, 3.63) is 21.3 Å². The number of alkyl halides is 3. The van der Waals surface area contributed by atoms with Crippen LogP contribution in [0.25, 0.3) is 10.9 Å². The number of rotatable bonds is 4. The predicted molar refractivity (Wildman–Crippen MR) is 106 cm³/mol. The summed E-state index contributed by atoms with van der Waals surface area (Å²) in [6.45, 7) is 0.000971. The molecular weight excluding hydrogens is 482 g/mol. The summed E-state index contributed by atoms with van der Waals surface area (Å²) >= 11 is 6.72. The molecule has 0 aromatic carbocycles. The topological polar surface area (TPSA) is 120 Å². The van der Waals surface area contributed by atoms with Crippen LogP contribution in [0.15, 0.2) is 9.95 Å². The Morgan fingerprint density at radius 1 is 1.38 bits per heavy atom. The van der Waals surface area contributed by atoms with E-state index in [-0.39, 0.29) is 18.1 Å². The van der Waals surface area contributed by atoms with Crippen molar-refractivity contribution in [2.45, 2.75) is 48.4 Å². The van der Waals surface area contributed by atoms with Crippen LogP contribution >= 0.6 is 23.4 Å². The van der Waals surface area contributed by atoms with Gasteiger partial charge >= 0.3 is 12.3 Å². The first-order chi connectivity index (χ1) is 15.0. The molecule has 4 heterocycles. The number of H-pyrrole nitrogens is 1. The number of halogens is 5. The molecule has 2 fully saturated rings. The number of pyridine rings is 1. The minimum absolute atomic E-state index is 0.000971. The molecule has 0 radical (unpaired) electrons. The lowest BCUT2D eigenvalue weighted by Crippen LogP contribution is -2.66. The van der Waals surface area contributed by atoms with Crippen LogP contribution in [0.1, 0.15) is 12.8 Å². The first kappa shape index (κ1) is 22.9. The van der Waals surface area contributed by atoms with Gasteiger partial charge in [0.1, 0.15) is 10.9 Å². The van der Waals surface area contributed by atoms with Crippen LogP contribution in [-0.4, -0.2) is 74.3 Å². The maximum absolute atomic E-state index is 14.5. The highest BCUT2D eigenvalue weighted by atomic mass is 35.5. The van der Waals surface area contributed by atoms with Gasteiger partial charge in [-0.05, 0) is 19.1 Å². The Morgan fingerprint density at radius 3 is 2.72 bits per heavy atom. The number of nitrogens with zero attached hydrogens (tertiary/aromatic N) is 3. The third-order valence-electron chi connectivity index (χ3n) is 5.55. The summed E-state index contributed by atoms with van der Waals surface area (Å²) in [7, 11) is 0. The van der Waals surface area contributed by atoms with Crippen molar-refractivity contribution >= 4 is 40.4 Å². The average molecular weight is 498 g/mol. The van der Waals surface area contributed by atoms with Gasteiger partial charge in [-0.15, -0.1) is 0 Å². The molecule has 15 heteroatoms. The number of hydrogen-bond acceptors (Lipinski definition) is 7. The monoisotopic (exact) mass is 497 g/mol. The van der Waals surface area contributed by atoms with E-state index in [0.29, 0.717) is 6.42 Å². The number of carboxylic acid groups (broad SMARTS) is 1. The minimum Gasteiger partial charge on any atom is -0.465 e. The number of aromatic nitrogens is 3. The third kappa shape index (κ3) is 3.83. The van der Waals surface area contributed by atoms with Crippen LogP contribution in [0.3, 0.4) is 0 Å². The predicted octanol–water partition coefficient (Wildman–Crippen LogP) is 2.62. The number of hydrogen-bond donors (Lipinski definition) is 3. The lowest BCUT2D eigenvalue weighted by atomic mass is 9.98. The van der Waals surface area contributed by atoms with Gasteiger partial charge in [0, 0.05) is 12.6 Å². The van der Waals surface area contributed by atoms with E-state index < -0.39 is 69.8 Å². The average Bonchev–Trinajstić information content (AvgIpc) is 3.03. The molecule has 4 rings (SSSR count). The molecule has 2 aromatic rings. The van der Waals surface area contributed by atoms with Crippen molar-refractivity contribution in [3.8, 4) is 5.88 Å². The van der Waals surface area contributed by atoms with Gasteiger partial charge in [-0.1, -0.05) is 23.4 Å². The molecule has 174 valence electrons. The smallest absolute Gasteiger partial charge is 0.427 e. The second kappa shape index (κ2) is 8.23. The molecule has 1 amide bonds. The van der Waals surface area contributed by atoms with E-state index in [1.807, 2.05) is 0 Å². The number of thioether (sulfide) groups is 1. The van der Waals surface area contributed by atoms with Crippen LogP contribution in [0.5, 0.6) is 5.88 Å². The van der Waals surface area contributed by atoms with Gasteiger partial charge in [0.05, 0.1) is 12.1 Å².